The number of hydrogen-bond acceptors (Lipinski definition) is 3. The second-order valence-corrected chi connectivity index (χ2v) is 4.86. The summed E-state index contributed by atoms with van der Waals surface area (Å²) in [6.07, 6.45) is 3.64. The van der Waals surface area contributed by atoms with Crippen LogP contribution in [0.3, 0.4) is 0 Å². The van der Waals surface area contributed by atoms with Gasteiger partial charge in [0, 0.05) is 32.1 Å². The van der Waals surface area contributed by atoms with Crippen molar-refractivity contribution in [3.63, 3.8) is 0 Å². The van der Waals surface area contributed by atoms with Crippen LogP contribution in [0.4, 0.5) is 0 Å². The number of carbonyl (C=O) groups is 2. The molecule has 5 nitrogen and oxygen atoms in total. The molecule has 2 fully saturated rings. The third-order valence-electron chi connectivity index (χ3n) is 3.63. The molecule has 0 aromatic heterocycles. The molecule has 0 saturated carbocycles. The van der Waals surface area contributed by atoms with E-state index in [9.17, 15) is 9.59 Å². The SMILES string of the molecule is CNCC1CCCN1C(=O)CN1CCCC1=O. The molecule has 0 aliphatic carbocycles. The largest absolute Gasteiger partial charge is 0.337 e. The number of likely N-dealkylation sites (N-methyl/N-ethyl adjacent to an activating group) is 1. The standard InChI is InChI=1S/C12H21N3O2/c1-13-8-10-4-2-7-15(10)12(17)9-14-6-3-5-11(14)16/h10,13H,2-9H2,1H3. The van der Waals surface area contributed by atoms with E-state index >= 15 is 0 Å². The first kappa shape index (κ1) is 12.4. The molecule has 0 bridgehead atoms. The zero-order valence-electron chi connectivity index (χ0n) is 10.4. The topological polar surface area (TPSA) is 52.7 Å². The smallest absolute Gasteiger partial charge is 0.242 e. The lowest BCUT2D eigenvalue weighted by molar-refractivity contribution is -0.138. The van der Waals surface area contributed by atoms with Gasteiger partial charge in [-0.15, -0.1) is 0 Å². The van der Waals surface area contributed by atoms with Crippen molar-refractivity contribution < 1.29 is 9.59 Å². The zero-order chi connectivity index (χ0) is 12.3. The number of likely N-dealkylation sites (tertiary alicyclic amines) is 2. The molecule has 17 heavy (non-hydrogen) atoms. The van der Waals surface area contributed by atoms with Crippen LogP contribution in [-0.2, 0) is 9.59 Å². The molecule has 1 unspecified atom stereocenters. The van der Waals surface area contributed by atoms with Gasteiger partial charge in [-0.25, -0.2) is 0 Å². The predicted octanol–water partition coefficient (Wildman–Crippen LogP) is -0.181. The second kappa shape index (κ2) is 5.49. The van der Waals surface area contributed by atoms with Gasteiger partial charge in [0.15, 0.2) is 0 Å². The molecule has 5 heteroatoms. The van der Waals surface area contributed by atoms with E-state index in [0.717, 1.165) is 38.9 Å². The Hall–Kier alpha value is -1.10. The monoisotopic (exact) mass is 239 g/mol. The quantitative estimate of drug-likeness (QED) is 0.740. The van der Waals surface area contributed by atoms with Gasteiger partial charge >= 0.3 is 0 Å². The number of hydrogen-bond donors (Lipinski definition) is 1. The lowest BCUT2D eigenvalue weighted by Crippen LogP contribution is -2.45. The van der Waals surface area contributed by atoms with Gasteiger partial charge in [-0.2, -0.15) is 0 Å². The molecule has 1 N–H and O–H groups in total. The molecule has 2 rings (SSSR count). The van der Waals surface area contributed by atoms with Crippen LogP contribution in [0.15, 0.2) is 0 Å². The summed E-state index contributed by atoms with van der Waals surface area (Å²) in [5.74, 6) is 0.237. The van der Waals surface area contributed by atoms with Crippen LogP contribution in [-0.4, -0.2) is 60.9 Å². The van der Waals surface area contributed by atoms with Gasteiger partial charge in [0.2, 0.25) is 11.8 Å². The summed E-state index contributed by atoms with van der Waals surface area (Å²) in [4.78, 5) is 27.2. The van der Waals surface area contributed by atoms with Crippen molar-refractivity contribution in [1.82, 2.24) is 15.1 Å². The van der Waals surface area contributed by atoms with Gasteiger partial charge in [0.05, 0.1) is 6.54 Å². The van der Waals surface area contributed by atoms with Gasteiger partial charge in [0.1, 0.15) is 0 Å². The third-order valence-corrected chi connectivity index (χ3v) is 3.63. The van der Waals surface area contributed by atoms with Crippen molar-refractivity contribution >= 4 is 11.8 Å². The summed E-state index contributed by atoms with van der Waals surface area (Å²) in [7, 11) is 1.91. The first-order valence-corrected chi connectivity index (χ1v) is 6.44. The Morgan fingerprint density at radius 2 is 2.24 bits per heavy atom. The molecule has 96 valence electrons. The van der Waals surface area contributed by atoms with E-state index in [1.807, 2.05) is 11.9 Å². The van der Waals surface area contributed by atoms with Gasteiger partial charge in [-0.1, -0.05) is 0 Å². The van der Waals surface area contributed by atoms with Crippen LogP contribution in [0, 0.1) is 0 Å². The highest BCUT2D eigenvalue weighted by molar-refractivity contribution is 5.86. The Morgan fingerprint density at radius 3 is 2.88 bits per heavy atom. The molecule has 0 aromatic carbocycles. The highest BCUT2D eigenvalue weighted by atomic mass is 16.2. The Morgan fingerprint density at radius 1 is 1.41 bits per heavy atom. The van der Waals surface area contributed by atoms with Crippen LogP contribution in [0.1, 0.15) is 25.7 Å². The summed E-state index contributed by atoms with van der Waals surface area (Å²) in [6.45, 7) is 2.71. The minimum atomic E-state index is 0.109. The van der Waals surface area contributed by atoms with Crippen molar-refractivity contribution in [3.05, 3.63) is 0 Å². The molecule has 0 aromatic rings. The van der Waals surface area contributed by atoms with Crippen LogP contribution in [0.25, 0.3) is 0 Å². The third kappa shape index (κ3) is 2.77. The molecule has 2 aliphatic rings. The molecule has 1 atom stereocenters. The fraction of sp³-hybridized carbons (Fsp3) is 0.833. The fourth-order valence-electron chi connectivity index (χ4n) is 2.74. The molecular weight excluding hydrogens is 218 g/mol. The summed E-state index contributed by atoms with van der Waals surface area (Å²) in [6, 6.07) is 0.310. The van der Waals surface area contributed by atoms with Crippen LogP contribution < -0.4 is 5.32 Å². The zero-order valence-corrected chi connectivity index (χ0v) is 10.4. The minimum absolute atomic E-state index is 0.109. The maximum atomic E-state index is 12.1. The lowest BCUT2D eigenvalue weighted by Gasteiger charge is -2.26. The van der Waals surface area contributed by atoms with Gasteiger partial charge in [-0.05, 0) is 26.3 Å². The van der Waals surface area contributed by atoms with Crippen molar-refractivity contribution in [2.24, 2.45) is 0 Å². The summed E-state index contributed by atoms with van der Waals surface area (Å²) < 4.78 is 0. The maximum absolute atomic E-state index is 12.1. The van der Waals surface area contributed by atoms with Crippen molar-refractivity contribution in [2.75, 3.05) is 33.2 Å². The normalized spacial score (nSPS) is 24.8. The van der Waals surface area contributed by atoms with Crippen molar-refractivity contribution in [3.8, 4) is 0 Å². The van der Waals surface area contributed by atoms with E-state index in [2.05, 4.69) is 5.32 Å². The second-order valence-electron chi connectivity index (χ2n) is 4.86. The molecule has 0 spiro atoms. The summed E-state index contributed by atoms with van der Waals surface area (Å²) in [5.41, 5.74) is 0. The van der Waals surface area contributed by atoms with E-state index in [0.29, 0.717) is 12.5 Å². The van der Waals surface area contributed by atoms with Crippen LogP contribution in [0.2, 0.25) is 0 Å². The van der Waals surface area contributed by atoms with E-state index < -0.39 is 0 Å². The molecule has 2 amide bonds. The Kier molecular flexibility index (Phi) is 3.99. The number of nitrogens with zero attached hydrogens (tertiary/aromatic N) is 2. The first-order valence-electron chi connectivity index (χ1n) is 6.44. The summed E-state index contributed by atoms with van der Waals surface area (Å²) >= 11 is 0. The molecule has 2 aliphatic heterocycles. The maximum Gasteiger partial charge on any atom is 0.242 e. The predicted molar refractivity (Wildman–Crippen MR) is 64.5 cm³/mol. The first-order chi connectivity index (χ1) is 8.22. The summed E-state index contributed by atoms with van der Waals surface area (Å²) in [5, 5.41) is 3.12. The van der Waals surface area contributed by atoms with E-state index in [1.165, 1.54) is 0 Å². The molecular formula is C12H21N3O2. The average Bonchev–Trinajstić information content (AvgIpc) is 2.89. The van der Waals surface area contributed by atoms with Crippen molar-refractivity contribution in [1.29, 1.82) is 0 Å². The molecule has 0 radical (unpaired) electrons. The van der Waals surface area contributed by atoms with Crippen LogP contribution in [0.5, 0.6) is 0 Å². The molecule has 2 heterocycles. The van der Waals surface area contributed by atoms with E-state index in [4.69, 9.17) is 0 Å². The van der Waals surface area contributed by atoms with Gasteiger partial charge in [0.25, 0.3) is 0 Å². The number of nitrogens with one attached hydrogen (secondary N) is 1. The Labute approximate surface area is 102 Å². The van der Waals surface area contributed by atoms with E-state index in [1.54, 1.807) is 4.90 Å². The number of carbonyl (C=O) groups excluding carboxylic acids is 2. The fourth-order valence-corrected chi connectivity index (χ4v) is 2.74. The van der Waals surface area contributed by atoms with E-state index in [-0.39, 0.29) is 18.4 Å². The Balaban J connectivity index is 1.88. The number of rotatable bonds is 4. The van der Waals surface area contributed by atoms with Crippen LogP contribution >= 0.6 is 0 Å². The lowest BCUT2D eigenvalue weighted by atomic mass is 10.2. The van der Waals surface area contributed by atoms with Gasteiger partial charge in [-0.3, -0.25) is 9.59 Å². The van der Waals surface area contributed by atoms with Gasteiger partial charge < -0.3 is 15.1 Å². The highest BCUT2D eigenvalue weighted by Crippen LogP contribution is 2.18. The number of amides is 2. The van der Waals surface area contributed by atoms with Crippen molar-refractivity contribution in [2.45, 2.75) is 31.7 Å². The minimum Gasteiger partial charge on any atom is -0.337 e. The molecule has 2 saturated heterocycles. The average molecular weight is 239 g/mol. The highest BCUT2D eigenvalue weighted by Gasteiger charge is 2.31. The Bertz CT molecular complexity index is 306.